The van der Waals surface area contributed by atoms with Gasteiger partial charge in [-0.1, -0.05) is 34.6 Å². The van der Waals surface area contributed by atoms with E-state index in [1.54, 1.807) is 0 Å². The average Bonchev–Trinajstić information content (AvgIpc) is 2.61. The first kappa shape index (κ1) is 16.2. The Balaban J connectivity index is 2.52. The second-order valence-corrected chi connectivity index (χ2v) is 7.09. The lowest BCUT2D eigenvalue weighted by Gasteiger charge is -2.27. The number of likely N-dealkylation sites (N-methyl/N-ethyl adjacent to an activating group) is 1. The molecule has 19 heavy (non-hydrogen) atoms. The highest BCUT2D eigenvalue weighted by Gasteiger charge is 2.19. The number of aryl methyl sites for hydroxylation is 1. The molecular weight excluding hydrogens is 234 g/mol. The number of rotatable bonds is 7. The molecule has 3 heteroatoms. The van der Waals surface area contributed by atoms with Crippen LogP contribution >= 0.6 is 0 Å². The zero-order valence-corrected chi connectivity index (χ0v) is 13.5. The predicted octanol–water partition coefficient (Wildman–Crippen LogP) is 3.40. The predicted molar refractivity (Wildman–Crippen MR) is 82.2 cm³/mol. The number of nitrogens with zero attached hydrogens (tertiary/aromatic N) is 2. The third-order valence-corrected chi connectivity index (χ3v) is 3.38. The van der Waals surface area contributed by atoms with Gasteiger partial charge in [-0.15, -0.1) is 0 Å². The Labute approximate surface area is 118 Å². The van der Waals surface area contributed by atoms with Crippen molar-refractivity contribution < 1.29 is 0 Å². The van der Waals surface area contributed by atoms with Crippen LogP contribution in [-0.4, -0.2) is 22.4 Å². The van der Waals surface area contributed by atoms with Crippen molar-refractivity contribution in [3.8, 4) is 0 Å². The fourth-order valence-electron chi connectivity index (χ4n) is 3.00. The van der Waals surface area contributed by atoms with Crippen molar-refractivity contribution in [2.45, 2.75) is 59.9 Å². The molecule has 0 spiro atoms. The Hall–Kier alpha value is -0.830. The first-order valence-corrected chi connectivity index (χ1v) is 7.51. The van der Waals surface area contributed by atoms with Crippen LogP contribution in [0.15, 0.2) is 12.4 Å². The molecule has 1 aromatic heterocycles. The lowest BCUT2D eigenvalue weighted by molar-refractivity contribution is 0.275. The molecule has 0 amide bonds. The van der Waals surface area contributed by atoms with Gasteiger partial charge in [0.2, 0.25) is 0 Å². The lowest BCUT2D eigenvalue weighted by Crippen LogP contribution is -2.33. The van der Waals surface area contributed by atoms with Crippen molar-refractivity contribution in [1.29, 1.82) is 0 Å². The van der Waals surface area contributed by atoms with Crippen molar-refractivity contribution in [3.05, 3.63) is 18.0 Å². The summed E-state index contributed by atoms with van der Waals surface area (Å²) < 4.78 is 1.89. The topological polar surface area (TPSA) is 29.9 Å². The van der Waals surface area contributed by atoms with Crippen molar-refractivity contribution in [2.24, 2.45) is 18.4 Å². The molecule has 0 saturated carbocycles. The molecule has 0 aliphatic carbocycles. The van der Waals surface area contributed by atoms with E-state index in [0.717, 1.165) is 18.9 Å². The van der Waals surface area contributed by atoms with Crippen LogP contribution in [-0.2, 0) is 13.5 Å². The summed E-state index contributed by atoms with van der Waals surface area (Å²) in [5.41, 5.74) is 1.75. The van der Waals surface area contributed by atoms with Crippen LogP contribution in [0.1, 0.15) is 53.0 Å². The SMILES string of the molecule is CCNC(Cc1cnn(C)c1)CC(C)CC(C)(C)C. The van der Waals surface area contributed by atoms with E-state index in [9.17, 15) is 0 Å². The first-order valence-electron chi connectivity index (χ1n) is 7.51. The van der Waals surface area contributed by atoms with E-state index in [4.69, 9.17) is 0 Å². The first-order chi connectivity index (χ1) is 8.80. The van der Waals surface area contributed by atoms with Gasteiger partial charge in [0.05, 0.1) is 6.20 Å². The lowest BCUT2D eigenvalue weighted by atomic mass is 9.82. The number of nitrogens with one attached hydrogen (secondary N) is 1. The fraction of sp³-hybridized carbons (Fsp3) is 0.812. The van der Waals surface area contributed by atoms with Gasteiger partial charge < -0.3 is 5.32 Å². The Morgan fingerprint density at radius 1 is 1.37 bits per heavy atom. The van der Waals surface area contributed by atoms with E-state index >= 15 is 0 Å². The standard InChI is InChI=1S/C16H31N3/c1-7-17-15(8-13(2)10-16(3,4)5)9-14-11-18-19(6)12-14/h11-13,15,17H,7-10H2,1-6H3. The Bertz CT molecular complexity index is 362. The summed E-state index contributed by atoms with van der Waals surface area (Å²) in [6.07, 6.45) is 7.70. The molecule has 0 aliphatic rings. The second-order valence-electron chi connectivity index (χ2n) is 7.09. The summed E-state index contributed by atoms with van der Waals surface area (Å²) in [5, 5.41) is 7.88. The maximum absolute atomic E-state index is 4.26. The molecule has 0 saturated heterocycles. The van der Waals surface area contributed by atoms with Gasteiger partial charge in [0.1, 0.15) is 0 Å². The largest absolute Gasteiger partial charge is 0.314 e. The van der Waals surface area contributed by atoms with E-state index in [-0.39, 0.29) is 0 Å². The second kappa shape index (κ2) is 7.09. The van der Waals surface area contributed by atoms with E-state index < -0.39 is 0 Å². The van der Waals surface area contributed by atoms with Crippen LogP contribution in [0.4, 0.5) is 0 Å². The summed E-state index contributed by atoms with van der Waals surface area (Å²) in [7, 11) is 1.98. The summed E-state index contributed by atoms with van der Waals surface area (Å²) in [5.74, 6) is 0.751. The van der Waals surface area contributed by atoms with Crippen LogP contribution in [0.5, 0.6) is 0 Å². The number of aromatic nitrogens is 2. The van der Waals surface area contributed by atoms with E-state index in [2.05, 4.69) is 51.2 Å². The molecule has 2 atom stereocenters. The van der Waals surface area contributed by atoms with Crippen LogP contribution in [0.3, 0.4) is 0 Å². The summed E-state index contributed by atoms with van der Waals surface area (Å²) in [6.45, 7) is 12.6. The molecule has 0 aromatic carbocycles. The van der Waals surface area contributed by atoms with Crippen molar-refractivity contribution in [3.63, 3.8) is 0 Å². The van der Waals surface area contributed by atoms with Gasteiger partial charge in [-0.25, -0.2) is 0 Å². The number of hydrogen-bond donors (Lipinski definition) is 1. The molecular formula is C16H31N3. The molecule has 1 N–H and O–H groups in total. The minimum atomic E-state index is 0.421. The van der Waals surface area contributed by atoms with Gasteiger partial charge in [-0.05, 0) is 42.7 Å². The maximum atomic E-state index is 4.26. The quantitative estimate of drug-likeness (QED) is 0.819. The van der Waals surface area contributed by atoms with Gasteiger partial charge in [0.25, 0.3) is 0 Å². The molecule has 0 radical (unpaired) electrons. The molecule has 1 rings (SSSR count). The molecule has 3 nitrogen and oxygen atoms in total. The summed E-state index contributed by atoms with van der Waals surface area (Å²) >= 11 is 0. The molecule has 2 unspecified atom stereocenters. The molecule has 110 valence electrons. The smallest absolute Gasteiger partial charge is 0.0522 e. The van der Waals surface area contributed by atoms with Gasteiger partial charge >= 0.3 is 0 Å². The van der Waals surface area contributed by atoms with Crippen molar-refractivity contribution in [2.75, 3.05) is 6.54 Å². The van der Waals surface area contributed by atoms with E-state index in [1.807, 2.05) is 17.9 Å². The Kier molecular flexibility index (Phi) is 6.05. The summed E-state index contributed by atoms with van der Waals surface area (Å²) in [6, 6.07) is 0.562. The van der Waals surface area contributed by atoms with Gasteiger partial charge in [0, 0.05) is 19.3 Å². The highest BCUT2D eigenvalue weighted by Crippen LogP contribution is 2.27. The molecule has 1 heterocycles. The Morgan fingerprint density at radius 2 is 2.05 bits per heavy atom. The van der Waals surface area contributed by atoms with Crippen LogP contribution < -0.4 is 5.32 Å². The van der Waals surface area contributed by atoms with Crippen molar-refractivity contribution in [1.82, 2.24) is 15.1 Å². The maximum Gasteiger partial charge on any atom is 0.0522 e. The Morgan fingerprint density at radius 3 is 2.53 bits per heavy atom. The molecule has 0 bridgehead atoms. The normalized spacial score (nSPS) is 15.5. The molecule has 0 aliphatic heterocycles. The minimum Gasteiger partial charge on any atom is -0.314 e. The van der Waals surface area contributed by atoms with Crippen LogP contribution in [0.25, 0.3) is 0 Å². The van der Waals surface area contributed by atoms with Crippen LogP contribution in [0.2, 0.25) is 0 Å². The molecule has 0 fully saturated rings. The van der Waals surface area contributed by atoms with Gasteiger partial charge in [0.15, 0.2) is 0 Å². The highest BCUT2D eigenvalue weighted by molar-refractivity contribution is 5.06. The van der Waals surface area contributed by atoms with Gasteiger partial charge in [-0.2, -0.15) is 5.10 Å². The highest BCUT2D eigenvalue weighted by atomic mass is 15.2. The number of hydrogen-bond acceptors (Lipinski definition) is 2. The minimum absolute atomic E-state index is 0.421. The van der Waals surface area contributed by atoms with Gasteiger partial charge in [-0.3, -0.25) is 4.68 Å². The van der Waals surface area contributed by atoms with E-state index in [1.165, 1.54) is 18.4 Å². The van der Waals surface area contributed by atoms with Crippen LogP contribution in [0, 0.1) is 11.3 Å². The third kappa shape index (κ3) is 6.76. The zero-order valence-electron chi connectivity index (χ0n) is 13.5. The zero-order chi connectivity index (χ0) is 14.5. The van der Waals surface area contributed by atoms with E-state index in [0.29, 0.717) is 11.5 Å². The van der Waals surface area contributed by atoms with Crippen molar-refractivity contribution >= 4 is 0 Å². The summed E-state index contributed by atoms with van der Waals surface area (Å²) in [4.78, 5) is 0. The third-order valence-electron chi connectivity index (χ3n) is 3.38. The molecule has 1 aromatic rings. The monoisotopic (exact) mass is 265 g/mol. The average molecular weight is 265 g/mol. The fourth-order valence-corrected chi connectivity index (χ4v) is 3.00.